The van der Waals surface area contributed by atoms with Gasteiger partial charge in [0.05, 0.1) is 13.0 Å². The average molecular weight is 277 g/mol. The lowest BCUT2D eigenvalue weighted by atomic mass is 10.1. The van der Waals surface area contributed by atoms with Crippen LogP contribution in [0.25, 0.3) is 0 Å². The molecular weight excluding hydrogens is 261 g/mol. The first-order chi connectivity index (χ1) is 9.60. The molecule has 0 N–H and O–H groups in total. The Balaban J connectivity index is 2.02. The minimum atomic E-state index is -0.308. The Labute approximate surface area is 116 Å². The summed E-state index contributed by atoms with van der Waals surface area (Å²) in [6.07, 6.45) is 0.235. The Morgan fingerprint density at radius 2 is 2.00 bits per heavy atom. The molecule has 0 saturated carbocycles. The molecule has 2 rings (SSSR count). The number of hydrogen-bond donors (Lipinski definition) is 0. The van der Waals surface area contributed by atoms with E-state index in [2.05, 4.69) is 14.9 Å². The minimum Gasteiger partial charge on any atom is -0.337 e. The van der Waals surface area contributed by atoms with Gasteiger partial charge in [-0.2, -0.15) is 0 Å². The molecule has 5 nitrogen and oxygen atoms in total. The van der Waals surface area contributed by atoms with E-state index < -0.39 is 0 Å². The Morgan fingerprint density at radius 1 is 1.30 bits per heavy atom. The van der Waals surface area contributed by atoms with Gasteiger partial charge >= 0.3 is 0 Å². The second-order valence-electron chi connectivity index (χ2n) is 4.51. The standard InChI is InChI=1S/C14H16FN3O2/c1-3-18(9-13-10(2)16-20-17-13)14(19)8-11-4-6-12(15)7-5-11/h4-7H,3,8-9H2,1-2H3. The van der Waals surface area contributed by atoms with Crippen LogP contribution in [0.15, 0.2) is 28.9 Å². The lowest BCUT2D eigenvalue weighted by molar-refractivity contribution is -0.130. The highest BCUT2D eigenvalue weighted by atomic mass is 19.1. The van der Waals surface area contributed by atoms with Crippen LogP contribution in [0, 0.1) is 12.7 Å². The summed E-state index contributed by atoms with van der Waals surface area (Å²) in [6.45, 7) is 4.60. The molecule has 0 aliphatic carbocycles. The normalized spacial score (nSPS) is 10.6. The highest BCUT2D eigenvalue weighted by Crippen LogP contribution is 2.09. The molecule has 0 unspecified atom stereocenters. The average Bonchev–Trinajstić information content (AvgIpc) is 2.84. The van der Waals surface area contributed by atoms with Crippen LogP contribution < -0.4 is 0 Å². The zero-order chi connectivity index (χ0) is 14.5. The summed E-state index contributed by atoms with van der Waals surface area (Å²) in [6, 6.07) is 5.93. The topological polar surface area (TPSA) is 59.2 Å². The maximum Gasteiger partial charge on any atom is 0.227 e. The minimum absolute atomic E-state index is 0.0403. The molecule has 0 radical (unpaired) electrons. The summed E-state index contributed by atoms with van der Waals surface area (Å²) in [7, 11) is 0. The van der Waals surface area contributed by atoms with Gasteiger partial charge in [-0.3, -0.25) is 4.79 Å². The van der Waals surface area contributed by atoms with Gasteiger partial charge in [0.2, 0.25) is 5.91 Å². The van der Waals surface area contributed by atoms with E-state index >= 15 is 0 Å². The van der Waals surface area contributed by atoms with Crippen LogP contribution >= 0.6 is 0 Å². The number of amides is 1. The second-order valence-corrected chi connectivity index (χ2v) is 4.51. The van der Waals surface area contributed by atoms with Gasteiger partial charge in [0, 0.05) is 6.54 Å². The molecule has 0 atom stereocenters. The van der Waals surface area contributed by atoms with Crippen LogP contribution in [0.3, 0.4) is 0 Å². The fourth-order valence-corrected chi connectivity index (χ4v) is 1.84. The van der Waals surface area contributed by atoms with Crippen molar-refractivity contribution in [3.63, 3.8) is 0 Å². The first-order valence-electron chi connectivity index (χ1n) is 6.40. The quantitative estimate of drug-likeness (QED) is 0.839. The van der Waals surface area contributed by atoms with Crippen molar-refractivity contribution in [1.29, 1.82) is 0 Å². The van der Waals surface area contributed by atoms with Crippen LogP contribution in [0.4, 0.5) is 4.39 Å². The maximum atomic E-state index is 12.8. The number of rotatable bonds is 5. The number of aromatic nitrogens is 2. The number of hydrogen-bond acceptors (Lipinski definition) is 4. The number of carbonyl (C=O) groups is 1. The SMILES string of the molecule is CCN(Cc1nonc1C)C(=O)Cc1ccc(F)cc1. The molecule has 0 saturated heterocycles. The Kier molecular flexibility index (Phi) is 4.45. The summed E-state index contributed by atoms with van der Waals surface area (Å²) in [5, 5.41) is 7.47. The van der Waals surface area contributed by atoms with Gasteiger partial charge in [-0.1, -0.05) is 22.4 Å². The molecule has 0 aliphatic rings. The largest absolute Gasteiger partial charge is 0.337 e. The number of carbonyl (C=O) groups excluding carboxylic acids is 1. The molecule has 1 aromatic carbocycles. The molecule has 1 amide bonds. The van der Waals surface area contributed by atoms with Gasteiger partial charge in [-0.15, -0.1) is 0 Å². The van der Waals surface area contributed by atoms with Crippen LogP contribution in [0.2, 0.25) is 0 Å². The molecule has 0 bridgehead atoms. The number of nitrogens with zero attached hydrogens (tertiary/aromatic N) is 3. The number of likely N-dealkylation sites (N-methyl/N-ethyl adjacent to an activating group) is 1. The highest BCUT2D eigenvalue weighted by molar-refractivity contribution is 5.78. The van der Waals surface area contributed by atoms with Crippen molar-refractivity contribution in [3.05, 3.63) is 47.0 Å². The van der Waals surface area contributed by atoms with E-state index in [0.29, 0.717) is 24.5 Å². The zero-order valence-corrected chi connectivity index (χ0v) is 11.5. The third kappa shape index (κ3) is 3.40. The first-order valence-corrected chi connectivity index (χ1v) is 6.40. The molecule has 1 aromatic heterocycles. The highest BCUT2D eigenvalue weighted by Gasteiger charge is 2.16. The van der Waals surface area contributed by atoms with E-state index in [0.717, 1.165) is 5.56 Å². The van der Waals surface area contributed by atoms with Gasteiger partial charge in [0.1, 0.15) is 17.2 Å². The van der Waals surface area contributed by atoms with Crippen LogP contribution in [-0.4, -0.2) is 27.7 Å². The van der Waals surface area contributed by atoms with E-state index in [-0.39, 0.29) is 18.1 Å². The summed E-state index contributed by atoms with van der Waals surface area (Å²) in [4.78, 5) is 13.9. The van der Waals surface area contributed by atoms with E-state index in [1.54, 1.807) is 24.0 Å². The summed E-state index contributed by atoms with van der Waals surface area (Å²) < 4.78 is 17.4. The van der Waals surface area contributed by atoms with Crippen LogP contribution in [0.5, 0.6) is 0 Å². The number of aryl methyl sites for hydroxylation is 1. The van der Waals surface area contributed by atoms with Gasteiger partial charge in [-0.05, 0) is 31.5 Å². The van der Waals surface area contributed by atoms with Crippen LogP contribution in [0.1, 0.15) is 23.9 Å². The fraction of sp³-hybridized carbons (Fsp3) is 0.357. The van der Waals surface area contributed by atoms with E-state index in [4.69, 9.17) is 0 Å². The summed E-state index contributed by atoms with van der Waals surface area (Å²) in [5.41, 5.74) is 2.11. The Hall–Kier alpha value is -2.24. The van der Waals surface area contributed by atoms with Crippen molar-refractivity contribution in [3.8, 4) is 0 Å². The Bertz CT molecular complexity index is 580. The summed E-state index contributed by atoms with van der Waals surface area (Å²) >= 11 is 0. The van der Waals surface area contributed by atoms with Crippen molar-refractivity contribution < 1.29 is 13.8 Å². The monoisotopic (exact) mass is 277 g/mol. The van der Waals surface area contributed by atoms with Gasteiger partial charge in [0.25, 0.3) is 0 Å². The number of benzene rings is 1. The lowest BCUT2D eigenvalue weighted by Crippen LogP contribution is -2.32. The van der Waals surface area contributed by atoms with Gasteiger partial charge < -0.3 is 4.90 Å². The maximum absolute atomic E-state index is 12.8. The third-order valence-corrected chi connectivity index (χ3v) is 3.09. The van der Waals surface area contributed by atoms with E-state index in [9.17, 15) is 9.18 Å². The third-order valence-electron chi connectivity index (χ3n) is 3.09. The lowest BCUT2D eigenvalue weighted by Gasteiger charge is -2.19. The van der Waals surface area contributed by atoms with Crippen molar-refractivity contribution in [2.24, 2.45) is 0 Å². The predicted octanol–water partition coefficient (Wildman–Crippen LogP) is 2.11. The van der Waals surface area contributed by atoms with Crippen molar-refractivity contribution in [2.45, 2.75) is 26.8 Å². The zero-order valence-electron chi connectivity index (χ0n) is 11.5. The Morgan fingerprint density at radius 3 is 2.55 bits per heavy atom. The summed E-state index contributed by atoms with van der Waals surface area (Å²) in [5.74, 6) is -0.348. The van der Waals surface area contributed by atoms with Crippen molar-refractivity contribution in [2.75, 3.05) is 6.54 Å². The van der Waals surface area contributed by atoms with E-state index in [1.165, 1.54) is 12.1 Å². The molecule has 0 fully saturated rings. The molecule has 6 heteroatoms. The smallest absolute Gasteiger partial charge is 0.227 e. The van der Waals surface area contributed by atoms with Gasteiger partial charge in [0.15, 0.2) is 0 Å². The molecule has 106 valence electrons. The van der Waals surface area contributed by atoms with Crippen molar-refractivity contribution >= 4 is 5.91 Å². The molecule has 1 heterocycles. The fourth-order valence-electron chi connectivity index (χ4n) is 1.84. The predicted molar refractivity (Wildman–Crippen MR) is 70.2 cm³/mol. The van der Waals surface area contributed by atoms with Crippen LogP contribution in [-0.2, 0) is 17.8 Å². The molecule has 0 aliphatic heterocycles. The molecule has 20 heavy (non-hydrogen) atoms. The first kappa shape index (κ1) is 14.2. The van der Waals surface area contributed by atoms with Crippen molar-refractivity contribution in [1.82, 2.24) is 15.2 Å². The second kappa shape index (κ2) is 6.27. The molecule has 0 spiro atoms. The molecule has 2 aromatic rings. The van der Waals surface area contributed by atoms with E-state index in [1.807, 2.05) is 6.92 Å². The molecular formula is C14H16FN3O2. The number of halogens is 1. The van der Waals surface area contributed by atoms with Gasteiger partial charge in [-0.25, -0.2) is 9.02 Å².